The number of fused-ring (bicyclic) bond motifs is 7. The SMILES string of the molecule is C/C=C(\C=C/CC)c1cc(-c2ccccc2)cc(-n2c3ccc(N(c4ccccc4)c4ccccc4)cc3n(-c3ccc4c(c3)C(C)(C)c3ccccc3C4=O)c3c4oc5ccccc5oc4ccc32)c1. The number of para-hydroxylation sites is 4. The van der Waals surface area contributed by atoms with E-state index in [1.165, 1.54) is 0 Å². The number of ketones is 1. The quantitative estimate of drug-likeness (QED) is 0.0822. The van der Waals surface area contributed by atoms with Gasteiger partial charge in [-0.2, -0.15) is 0 Å². The summed E-state index contributed by atoms with van der Waals surface area (Å²) in [5, 5.41) is 0. The fraction of sp³-hybridized carbons (Fsp3) is 0.0923. The lowest BCUT2D eigenvalue weighted by Crippen LogP contribution is -2.30. The second-order valence-corrected chi connectivity index (χ2v) is 18.7. The predicted octanol–water partition coefficient (Wildman–Crippen LogP) is 17.6. The number of allylic oxidation sites excluding steroid dienone is 4. The Hall–Kier alpha value is -8.87. The lowest BCUT2D eigenvalue weighted by molar-refractivity contribution is 0.103. The Balaban J connectivity index is 1.26. The average Bonchev–Trinajstić information content (AvgIpc) is 3.42. The van der Waals surface area contributed by atoms with Crippen molar-refractivity contribution in [1.82, 2.24) is 9.13 Å². The first kappa shape index (κ1) is 43.4. The molecule has 0 aliphatic heterocycles. The van der Waals surface area contributed by atoms with Gasteiger partial charge in [0, 0.05) is 45.0 Å². The zero-order valence-corrected chi connectivity index (χ0v) is 40.1. The van der Waals surface area contributed by atoms with E-state index in [1.54, 1.807) is 0 Å². The van der Waals surface area contributed by atoms with Crippen LogP contribution in [0.5, 0.6) is 0 Å². The molecule has 12 rings (SSSR count). The van der Waals surface area contributed by atoms with Crippen molar-refractivity contribution in [2.75, 3.05) is 4.90 Å². The topological polar surface area (TPSA) is 56.5 Å². The Morgan fingerprint density at radius 1 is 0.535 bits per heavy atom. The summed E-state index contributed by atoms with van der Waals surface area (Å²) in [4.78, 5) is 16.7. The number of nitrogens with zero attached hydrogens (tertiary/aromatic N) is 3. The van der Waals surface area contributed by atoms with Gasteiger partial charge in [0.2, 0.25) is 0 Å². The molecule has 6 nitrogen and oxygen atoms in total. The molecule has 0 N–H and O–H groups in total. The standard InChI is InChI=1S/C65H51N3O3/c1-5-7-21-43(6-2)45-38-46(44-22-11-8-12-23-44)40-51(39-45)67-56-35-33-50(66(47-24-13-9-14-25-47)48-26-15-10-16-27-48)42-58(56)68(62-57(67)36-37-61-64(62)71-60-31-20-19-30-59(60)70-61)49-32-34-53-55(41-49)65(3,4)54-29-18-17-28-52(54)63(53)69/h6-42H,5H2,1-4H3/b21-7-,43-6+. The van der Waals surface area contributed by atoms with Crippen LogP contribution in [-0.2, 0) is 5.41 Å². The number of anilines is 3. The van der Waals surface area contributed by atoms with E-state index >= 15 is 0 Å². The molecule has 2 heterocycles. The first-order valence-electron chi connectivity index (χ1n) is 24.4. The van der Waals surface area contributed by atoms with Gasteiger partial charge in [-0.05, 0) is 150 Å². The fourth-order valence-corrected chi connectivity index (χ4v) is 10.6. The molecule has 9 aromatic carbocycles. The molecule has 11 aromatic rings. The zero-order chi connectivity index (χ0) is 48.2. The maximum atomic E-state index is 14.4. The fourth-order valence-electron chi connectivity index (χ4n) is 10.6. The molecule has 344 valence electrons. The minimum atomic E-state index is -0.484. The first-order chi connectivity index (χ1) is 34.8. The molecular formula is C65H51N3O3. The van der Waals surface area contributed by atoms with Gasteiger partial charge in [0.1, 0.15) is 5.52 Å². The van der Waals surface area contributed by atoms with Crippen LogP contribution in [0.3, 0.4) is 0 Å². The number of carbonyl (C=O) groups is 1. The van der Waals surface area contributed by atoms with Crippen molar-refractivity contribution in [2.24, 2.45) is 0 Å². The molecule has 0 fully saturated rings. The Labute approximate surface area is 413 Å². The molecule has 6 heteroatoms. The largest absolute Gasteiger partial charge is 0.449 e. The molecular weight excluding hydrogens is 871 g/mol. The third-order valence-electron chi connectivity index (χ3n) is 14.0. The van der Waals surface area contributed by atoms with E-state index < -0.39 is 5.41 Å². The molecule has 0 amide bonds. The van der Waals surface area contributed by atoms with Crippen LogP contribution in [0.2, 0.25) is 0 Å². The van der Waals surface area contributed by atoms with E-state index in [0.29, 0.717) is 27.9 Å². The van der Waals surface area contributed by atoms with Crippen LogP contribution in [0.4, 0.5) is 17.1 Å². The molecule has 0 radical (unpaired) electrons. The third-order valence-corrected chi connectivity index (χ3v) is 14.0. The highest BCUT2D eigenvalue weighted by Crippen LogP contribution is 2.45. The zero-order valence-electron chi connectivity index (χ0n) is 40.1. The summed E-state index contributed by atoms with van der Waals surface area (Å²) < 4.78 is 18.5. The minimum Gasteiger partial charge on any atom is -0.449 e. The van der Waals surface area contributed by atoms with Gasteiger partial charge in [0.25, 0.3) is 0 Å². The summed E-state index contributed by atoms with van der Waals surface area (Å²) in [6.45, 7) is 8.71. The van der Waals surface area contributed by atoms with Crippen molar-refractivity contribution >= 4 is 72.8 Å². The molecule has 0 atom stereocenters. The Morgan fingerprint density at radius 2 is 1.18 bits per heavy atom. The molecule has 0 saturated carbocycles. The van der Waals surface area contributed by atoms with Gasteiger partial charge in [0.15, 0.2) is 28.1 Å². The highest BCUT2D eigenvalue weighted by Gasteiger charge is 2.37. The highest BCUT2D eigenvalue weighted by molar-refractivity contribution is 6.13. The number of carbonyl (C=O) groups excluding carboxylic acids is 1. The van der Waals surface area contributed by atoms with Gasteiger partial charge in [0.05, 0.1) is 16.6 Å². The van der Waals surface area contributed by atoms with E-state index in [9.17, 15) is 4.79 Å². The molecule has 71 heavy (non-hydrogen) atoms. The highest BCUT2D eigenvalue weighted by atomic mass is 16.4. The number of rotatable bonds is 9. The lowest BCUT2D eigenvalue weighted by Gasteiger charge is -2.35. The second-order valence-electron chi connectivity index (χ2n) is 18.7. The Kier molecular flexibility index (Phi) is 10.7. The average molecular weight is 922 g/mol. The summed E-state index contributed by atoms with van der Waals surface area (Å²) in [5.41, 5.74) is 18.3. The van der Waals surface area contributed by atoms with E-state index in [4.69, 9.17) is 8.83 Å². The lowest BCUT2D eigenvalue weighted by atomic mass is 9.68. The van der Waals surface area contributed by atoms with Gasteiger partial charge in [-0.3, -0.25) is 4.79 Å². The Bertz CT molecular complexity index is 3930. The second kappa shape index (κ2) is 17.6. The van der Waals surface area contributed by atoms with E-state index in [2.05, 4.69) is 212 Å². The molecule has 0 saturated heterocycles. The van der Waals surface area contributed by atoms with E-state index in [0.717, 1.165) is 95.9 Å². The summed E-state index contributed by atoms with van der Waals surface area (Å²) in [7, 11) is 0. The van der Waals surface area contributed by atoms with Gasteiger partial charge in [-0.1, -0.05) is 142 Å². The summed E-state index contributed by atoms with van der Waals surface area (Å²) in [5.74, 6) is 0.0323. The van der Waals surface area contributed by atoms with Crippen LogP contribution < -0.4 is 4.90 Å². The molecule has 0 spiro atoms. The van der Waals surface area contributed by atoms with Crippen molar-refractivity contribution in [3.05, 3.63) is 252 Å². The van der Waals surface area contributed by atoms with E-state index in [-0.39, 0.29) is 5.78 Å². The van der Waals surface area contributed by atoms with Crippen molar-refractivity contribution in [1.29, 1.82) is 0 Å². The van der Waals surface area contributed by atoms with Crippen LogP contribution in [0.15, 0.2) is 233 Å². The van der Waals surface area contributed by atoms with Crippen molar-refractivity contribution in [3.63, 3.8) is 0 Å². The normalized spacial score (nSPS) is 13.3. The summed E-state index contributed by atoms with van der Waals surface area (Å²) in [6.07, 6.45) is 7.55. The summed E-state index contributed by atoms with van der Waals surface area (Å²) >= 11 is 0. The third kappa shape index (κ3) is 7.38. The predicted molar refractivity (Wildman–Crippen MR) is 292 cm³/mol. The summed E-state index contributed by atoms with van der Waals surface area (Å²) in [6, 6.07) is 71.6. The number of hydrogen-bond donors (Lipinski definition) is 0. The van der Waals surface area contributed by atoms with E-state index in [1.807, 2.05) is 54.6 Å². The molecule has 2 aromatic heterocycles. The molecule has 0 unspecified atom stereocenters. The van der Waals surface area contributed by atoms with Gasteiger partial charge < -0.3 is 22.9 Å². The van der Waals surface area contributed by atoms with Crippen molar-refractivity contribution < 1.29 is 13.6 Å². The number of hydrogen-bond acceptors (Lipinski definition) is 4. The van der Waals surface area contributed by atoms with Crippen LogP contribution in [0.25, 0.3) is 72.5 Å². The molecule has 1 aliphatic rings. The van der Waals surface area contributed by atoms with Crippen LogP contribution in [-0.4, -0.2) is 14.9 Å². The van der Waals surface area contributed by atoms with Gasteiger partial charge in [-0.25, -0.2) is 0 Å². The smallest absolute Gasteiger partial charge is 0.196 e. The number of aromatic nitrogens is 2. The monoisotopic (exact) mass is 921 g/mol. The maximum Gasteiger partial charge on any atom is 0.196 e. The van der Waals surface area contributed by atoms with Gasteiger partial charge >= 0.3 is 0 Å². The minimum absolute atomic E-state index is 0.0323. The van der Waals surface area contributed by atoms with Crippen LogP contribution in [0.1, 0.15) is 66.7 Å². The molecule has 0 bridgehead atoms. The van der Waals surface area contributed by atoms with Crippen LogP contribution in [0, 0.1) is 0 Å². The van der Waals surface area contributed by atoms with Crippen LogP contribution >= 0.6 is 0 Å². The Morgan fingerprint density at radius 3 is 1.90 bits per heavy atom. The molecule has 1 aliphatic carbocycles. The maximum absolute atomic E-state index is 14.4. The van der Waals surface area contributed by atoms with Crippen molar-refractivity contribution in [2.45, 2.75) is 39.5 Å². The first-order valence-corrected chi connectivity index (χ1v) is 24.4. The van der Waals surface area contributed by atoms with Gasteiger partial charge in [-0.15, -0.1) is 0 Å². The number of benzene rings is 9. The van der Waals surface area contributed by atoms with Crippen molar-refractivity contribution in [3.8, 4) is 22.5 Å².